The van der Waals surface area contributed by atoms with Crippen LogP contribution in [0.4, 0.5) is 0 Å². The zero-order valence-corrected chi connectivity index (χ0v) is 10.7. The molecule has 1 aliphatic rings. The second-order valence-corrected chi connectivity index (χ2v) is 4.38. The Bertz CT molecular complexity index is 221. The van der Waals surface area contributed by atoms with E-state index >= 15 is 0 Å². The maximum Gasteiger partial charge on any atom is 0.322 e. The normalized spacial score (nSPS) is 24.1. The molecule has 0 radical (unpaired) electrons. The van der Waals surface area contributed by atoms with Gasteiger partial charge in [0.15, 0.2) is 0 Å². The zero-order valence-electron chi connectivity index (χ0n) is 10.7. The second-order valence-electron chi connectivity index (χ2n) is 4.38. The van der Waals surface area contributed by atoms with Crippen molar-refractivity contribution in [3.8, 4) is 0 Å². The summed E-state index contributed by atoms with van der Waals surface area (Å²) in [5.41, 5.74) is 0. The van der Waals surface area contributed by atoms with E-state index in [-0.39, 0.29) is 12.0 Å². The van der Waals surface area contributed by atoms with Crippen LogP contribution in [0.25, 0.3) is 0 Å². The van der Waals surface area contributed by atoms with E-state index in [0.29, 0.717) is 6.04 Å². The summed E-state index contributed by atoms with van der Waals surface area (Å²) in [5.74, 6) is -0.142. The fraction of sp³-hybridized carbons (Fsp3) is 0.917. The standard InChI is InChI=1S/C12H24N2O2/c1-4-11(12(15)16-3)13-10-7-6-8-14(5-2)9-10/h10-11,13H,4-9H2,1-3H3. The highest BCUT2D eigenvalue weighted by Gasteiger charge is 2.24. The summed E-state index contributed by atoms with van der Waals surface area (Å²) in [5, 5.41) is 3.40. The first-order valence-corrected chi connectivity index (χ1v) is 6.27. The van der Waals surface area contributed by atoms with Crippen molar-refractivity contribution in [3.63, 3.8) is 0 Å². The van der Waals surface area contributed by atoms with Gasteiger partial charge in [0.1, 0.15) is 6.04 Å². The fourth-order valence-electron chi connectivity index (χ4n) is 2.26. The van der Waals surface area contributed by atoms with Gasteiger partial charge in [0, 0.05) is 12.6 Å². The van der Waals surface area contributed by atoms with Crippen molar-refractivity contribution in [2.75, 3.05) is 26.7 Å². The number of hydrogen-bond acceptors (Lipinski definition) is 4. The SMILES string of the molecule is CCC(NC1CCCN(CC)C1)C(=O)OC. The summed E-state index contributed by atoms with van der Waals surface area (Å²) in [6.07, 6.45) is 3.16. The molecule has 0 aromatic carbocycles. The highest BCUT2D eigenvalue weighted by molar-refractivity contribution is 5.75. The molecule has 1 heterocycles. The van der Waals surface area contributed by atoms with Gasteiger partial charge in [-0.25, -0.2) is 0 Å². The number of rotatable bonds is 5. The van der Waals surface area contributed by atoms with Crippen LogP contribution in [-0.2, 0) is 9.53 Å². The van der Waals surface area contributed by atoms with Crippen LogP contribution in [-0.4, -0.2) is 49.7 Å². The number of nitrogens with zero attached hydrogens (tertiary/aromatic N) is 1. The predicted octanol–water partition coefficient (Wildman–Crippen LogP) is 1.01. The minimum Gasteiger partial charge on any atom is -0.468 e. The molecule has 0 aromatic rings. The average Bonchev–Trinajstić information content (AvgIpc) is 2.35. The van der Waals surface area contributed by atoms with Crippen LogP contribution < -0.4 is 5.32 Å². The van der Waals surface area contributed by atoms with Crippen molar-refractivity contribution in [1.82, 2.24) is 10.2 Å². The number of hydrogen-bond donors (Lipinski definition) is 1. The van der Waals surface area contributed by atoms with E-state index < -0.39 is 0 Å². The molecule has 2 unspecified atom stereocenters. The van der Waals surface area contributed by atoms with Crippen LogP contribution in [0.3, 0.4) is 0 Å². The smallest absolute Gasteiger partial charge is 0.322 e. The van der Waals surface area contributed by atoms with Gasteiger partial charge in [-0.15, -0.1) is 0 Å². The van der Waals surface area contributed by atoms with E-state index in [1.165, 1.54) is 20.1 Å². The molecular weight excluding hydrogens is 204 g/mol. The summed E-state index contributed by atoms with van der Waals surface area (Å²) >= 11 is 0. The molecule has 4 nitrogen and oxygen atoms in total. The summed E-state index contributed by atoms with van der Waals surface area (Å²) in [6, 6.07) is 0.282. The lowest BCUT2D eigenvalue weighted by atomic mass is 10.0. The minimum atomic E-state index is -0.146. The molecule has 1 N–H and O–H groups in total. The molecule has 1 aliphatic heterocycles. The van der Waals surface area contributed by atoms with Gasteiger partial charge in [0.25, 0.3) is 0 Å². The van der Waals surface area contributed by atoms with Gasteiger partial charge in [-0.05, 0) is 32.4 Å². The molecule has 16 heavy (non-hydrogen) atoms. The quantitative estimate of drug-likeness (QED) is 0.713. The van der Waals surface area contributed by atoms with Crippen LogP contribution in [0.15, 0.2) is 0 Å². The molecule has 2 atom stereocenters. The molecule has 0 aromatic heterocycles. The lowest BCUT2D eigenvalue weighted by Crippen LogP contribution is -2.51. The molecule has 94 valence electrons. The summed E-state index contributed by atoms with van der Waals surface area (Å²) in [4.78, 5) is 13.9. The van der Waals surface area contributed by atoms with E-state index in [9.17, 15) is 4.79 Å². The Kier molecular flexibility index (Phi) is 5.77. The molecule has 0 bridgehead atoms. The Morgan fingerprint density at radius 3 is 2.88 bits per heavy atom. The van der Waals surface area contributed by atoms with E-state index in [1.807, 2.05) is 6.92 Å². The minimum absolute atomic E-state index is 0.142. The highest BCUT2D eigenvalue weighted by Crippen LogP contribution is 2.11. The largest absolute Gasteiger partial charge is 0.468 e. The van der Waals surface area contributed by atoms with Crippen molar-refractivity contribution < 1.29 is 9.53 Å². The fourth-order valence-corrected chi connectivity index (χ4v) is 2.26. The Morgan fingerprint density at radius 1 is 1.56 bits per heavy atom. The van der Waals surface area contributed by atoms with Crippen molar-refractivity contribution in [1.29, 1.82) is 0 Å². The first-order chi connectivity index (χ1) is 7.71. The van der Waals surface area contributed by atoms with Crippen molar-refractivity contribution in [2.45, 2.75) is 45.2 Å². The third-order valence-corrected chi connectivity index (χ3v) is 3.28. The van der Waals surface area contributed by atoms with Crippen LogP contribution in [0.2, 0.25) is 0 Å². The first-order valence-electron chi connectivity index (χ1n) is 6.27. The van der Waals surface area contributed by atoms with Gasteiger partial charge in [0.05, 0.1) is 7.11 Å². The van der Waals surface area contributed by atoms with E-state index in [2.05, 4.69) is 17.1 Å². The summed E-state index contributed by atoms with van der Waals surface area (Å²) in [7, 11) is 1.45. The number of nitrogens with one attached hydrogen (secondary N) is 1. The van der Waals surface area contributed by atoms with Crippen LogP contribution in [0.5, 0.6) is 0 Å². The van der Waals surface area contributed by atoms with Crippen molar-refractivity contribution >= 4 is 5.97 Å². The van der Waals surface area contributed by atoms with E-state index in [0.717, 1.165) is 25.9 Å². The lowest BCUT2D eigenvalue weighted by Gasteiger charge is -2.34. The van der Waals surface area contributed by atoms with Gasteiger partial charge in [-0.1, -0.05) is 13.8 Å². The molecular formula is C12H24N2O2. The molecule has 1 fully saturated rings. The Balaban J connectivity index is 2.42. The monoisotopic (exact) mass is 228 g/mol. The maximum absolute atomic E-state index is 11.5. The Labute approximate surface area is 98.3 Å². The van der Waals surface area contributed by atoms with E-state index in [4.69, 9.17) is 4.74 Å². The average molecular weight is 228 g/mol. The zero-order chi connectivity index (χ0) is 12.0. The van der Waals surface area contributed by atoms with Gasteiger partial charge < -0.3 is 15.0 Å². The number of methoxy groups -OCH3 is 1. The van der Waals surface area contributed by atoms with Crippen LogP contribution >= 0.6 is 0 Å². The predicted molar refractivity (Wildman–Crippen MR) is 64.4 cm³/mol. The van der Waals surface area contributed by atoms with Gasteiger partial charge >= 0.3 is 5.97 Å². The number of likely N-dealkylation sites (tertiary alicyclic amines) is 1. The molecule has 0 aliphatic carbocycles. The molecule has 0 spiro atoms. The molecule has 0 saturated carbocycles. The molecule has 1 saturated heterocycles. The first kappa shape index (κ1) is 13.5. The molecule has 0 amide bonds. The van der Waals surface area contributed by atoms with Crippen LogP contribution in [0.1, 0.15) is 33.1 Å². The third-order valence-electron chi connectivity index (χ3n) is 3.28. The number of ether oxygens (including phenoxy) is 1. The lowest BCUT2D eigenvalue weighted by molar-refractivity contribution is -0.143. The summed E-state index contributed by atoms with van der Waals surface area (Å²) in [6.45, 7) is 7.51. The number of carbonyl (C=O) groups excluding carboxylic acids is 1. The molecule has 1 rings (SSSR count). The molecule has 4 heteroatoms. The third kappa shape index (κ3) is 3.76. The number of esters is 1. The van der Waals surface area contributed by atoms with Gasteiger partial charge in [-0.3, -0.25) is 4.79 Å². The topological polar surface area (TPSA) is 41.6 Å². The van der Waals surface area contributed by atoms with E-state index in [1.54, 1.807) is 0 Å². The number of piperidine rings is 1. The van der Waals surface area contributed by atoms with Gasteiger partial charge in [0.2, 0.25) is 0 Å². The van der Waals surface area contributed by atoms with Crippen molar-refractivity contribution in [2.24, 2.45) is 0 Å². The highest BCUT2D eigenvalue weighted by atomic mass is 16.5. The van der Waals surface area contributed by atoms with Gasteiger partial charge in [-0.2, -0.15) is 0 Å². The van der Waals surface area contributed by atoms with Crippen molar-refractivity contribution in [3.05, 3.63) is 0 Å². The second kappa shape index (κ2) is 6.86. The summed E-state index contributed by atoms with van der Waals surface area (Å²) < 4.78 is 4.78. The maximum atomic E-state index is 11.5. The Hall–Kier alpha value is -0.610. The van der Waals surface area contributed by atoms with Crippen LogP contribution in [0, 0.1) is 0 Å². The Morgan fingerprint density at radius 2 is 2.31 bits per heavy atom. The number of carbonyl (C=O) groups is 1. The number of likely N-dealkylation sites (N-methyl/N-ethyl adjacent to an activating group) is 1.